The average Bonchev–Trinajstić information content (AvgIpc) is 3.45. The van der Waals surface area contributed by atoms with Gasteiger partial charge in [-0.15, -0.1) is 0 Å². The summed E-state index contributed by atoms with van der Waals surface area (Å²) in [4.78, 5) is 14.7. The van der Waals surface area contributed by atoms with Gasteiger partial charge in [0.15, 0.2) is 5.82 Å². The molecule has 3 nitrogen and oxygen atoms in total. The molecule has 9 aromatic rings. The van der Waals surface area contributed by atoms with Crippen molar-refractivity contribution >= 4 is 21.5 Å². The Balaban J connectivity index is 1.17. The molecule has 0 saturated carbocycles. The van der Waals surface area contributed by atoms with Crippen molar-refractivity contribution in [2.75, 3.05) is 0 Å². The fourth-order valence-electron chi connectivity index (χ4n) is 8.30. The molecule has 0 spiro atoms. The summed E-state index contributed by atoms with van der Waals surface area (Å²) in [5, 5.41) is 4.91. The molecule has 1 aliphatic carbocycles. The van der Waals surface area contributed by atoms with E-state index >= 15 is 0 Å². The van der Waals surface area contributed by atoms with Crippen LogP contribution in [-0.4, -0.2) is 15.0 Å². The molecule has 10 rings (SSSR count). The maximum atomic E-state index is 5.25. The largest absolute Gasteiger partial charge is 0.264 e. The molecule has 0 unspecified atom stereocenters. The normalized spacial score (nSPS) is 12.9. The van der Waals surface area contributed by atoms with E-state index in [1.165, 1.54) is 49.5 Å². The molecule has 7 aromatic carbocycles. The van der Waals surface area contributed by atoms with Gasteiger partial charge in [-0.2, -0.15) is 0 Å². The lowest BCUT2D eigenvalue weighted by Gasteiger charge is -2.22. The van der Waals surface area contributed by atoms with Crippen molar-refractivity contribution < 1.29 is 0 Å². The van der Waals surface area contributed by atoms with Crippen LogP contribution in [0.1, 0.15) is 25.0 Å². The lowest BCUT2D eigenvalue weighted by Crippen LogP contribution is -2.14. The molecular weight excluding hydrogens is 643 g/mol. The quantitative estimate of drug-likeness (QED) is 0.182. The minimum absolute atomic E-state index is 0.111. The molecular formula is C50H35N3. The summed E-state index contributed by atoms with van der Waals surface area (Å²) in [5.41, 5.74) is 14.8. The van der Waals surface area contributed by atoms with Crippen molar-refractivity contribution in [1.29, 1.82) is 0 Å². The van der Waals surface area contributed by atoms with Crippen LogP contribution in [0.4, 0.5) is 0 Å². The highest BCUT2D eigenvalue weighted by atomic mass is 14.9. The number of fused-ring (bicyclic) bond motifs is 5. The minimum Gasteiger partial charge on any atom is -0.264 e. The highest BCUT2D eigenvalue weighted by molar-refractivity contribution is 6.08. The first-order valence-electron chi connectivity index (χ1n) is 18.2. The summed E-state index contributed by atoms with van der Waals surface area (Å²) in [6.07, 6.45) is 3.70. The molecule has 2 aromatic heterocycles. The SMILES string of the molecule is CC1(C)c2cc3ccccc3cc2-c2c(-c3ccc(-c4cc(-c5cccc(-c6cccnc6)c5)nc(-c5ccccc5)n4)c4ccccc34)cccc21. The number of hydrogen-bond donors (Lipinski definition) is 0. The molecule has 0 amide bonds. The third-order valence-electron chi connectivity index (χ3n) is 11.0. The summed E-state index contributed by atoms with van der Waals surface area (Å²) in [6, 6.07) is 58.7. The van der Waals surface area contributed by atoms with Gasteiger partial charge >= 0.3 is 0 Å². The van der Waals surface area contributed by atoms with Crippen molar-refractivity contribution in [2.45, 2.75) is 19.3 Å². The van der Waals surface area contributed by atoms with Crippen LogP contribution < -0.4 is 0 Å². The van der Waals surface area contributed by atoms with Gasteiger partial charge in [-0.3, -0.25) is 4.98 Å². The topological polar surface area (TPSA) is 38.7 Å². The number of hydrogen-bond acceptors (Lipinski definition) is 3. The number of rotatable bonds is 5. The number of pyridine rings is 1. The van der Waals surface area contributed by atoms with E-state index in [1.807, 2.05) is 30.5 Å². The van der Waals surface area contributed by atoms with Crippen molar-refractivity contribution in [3.63, 3.8) is 0 Å². The van der Waals surface area contributed by atoms with Gasteiger partial charge in [-0.1, -0.05) is 147 Å². The molecule has 0 aliphatic heterocycles. The second-order valence-corrected chi connectivity index (χ2v) is 14.5. The van der Waals surface area contributed by atoms with Crippen molar-refractivity contribution in [2.24, 2.45) is 0 Å². The van der Waals surface area contributed by atoms with E-state index in [1.54, 1.807) is 6.20 Å². The predicted molar refractivity (Wildman–Crippen MR) is 220 cm³/mol. The van der Waals surface area contributed by atoms with Gasteiger partial charge in [0, 0.05) is 40.1 Å². The first kappa shape index (κ1) is 31.1. The third kappa shape index (κ3) is 5.16. The van der Waals surface area contributed by atoms with Gasteiger partial charge in [-0.05, 0) is 90.8 Å². The first-order chi connectivity index (χ1) is 26.0. The van der Waals surface area contributed by atoms with E-state index in [2.05, 4.69) is 158 Å². The lowest BCUT2D eigenvalue weighted by atomic mass is 9.81. The van der Waals surface area contributed by atoms with Crippen LogP contribution >= 0.6 is 0 Å². The molecule has 0 radical (unpaired) electrons. The Morgan fingerprint density at radius 3 is 1.89 bits per heavy atom. The van der Waals surface area contributed by atoms with Crippen LogP contribution in [0.3, 0.4) is 0 Å². The van der Waals surface area contributed by atoms with Crippen molar-refractivity contribution in [3.8, 4) is 67.3 Å². The summed E-state index contributed by atoms with van der Waals surface area (Å²) in [7, 11) is 0. The van der Waals surface area contributed by atoms with Crippen molar-refractivity contribution in [3.05, 3.63) is 187 Å². The van der Waals surface area contributed by atoms with E-state index in [4.69, 9.17) is 9.97 Å². The van der Waals surface area contributed by atoms with Gasteiger partial charge in [0.05, 0.1) is 11.4 Å². The van der Waals surface area contributed by atoms with Crippen LogP contribution in [-0.2, 0) is 5.41 Å². The summed E-state index contributed by atoms with van der Waals surface area (Å²) in [6.45, 7) is 4.72. The maximum absolute atomic E-state index is 5.25. The fraction of sp³-hybridized carbons (Fsp3) is 0.0600. The summed E-state index contributed by atoms with van der Waals surface area (Å²) in [5.74, 6) is 0.699. The lowest BCUT2D eigenvalue weighted by molar-refractivity contribution is 0.661. The number of nitrogens with zero attached hydrogens (tertiary/aromatic N) is 3. The fourth-order valence-corrected chi connectivity index (χ4v) is 8.30. The molecule has 0 bridgehead atoms. The Morgan fingerprint density at radius 1 is 0.415 bits per heavy atom. The second-order valence-electron chi connectivity index (χ2n) is 14.5. The highest BCUT2D eigenvalue weighted by Crippen LogP contribution is 2.54. The zero-order chi connectivity index (χ0) is 35.5. The molecule has 0 atom stereocenters. The van der Waals surface area contributed by atoms with Gasteiger partial charge in [0.25, 0.3) is 0 Å². The van der Waals surface area contributed by atoms with Crippen LogP contribution in [0.15, 0.2) is 176 Å². The smallest absolute Gasteiger partial charge is 0.160 e. The van der Waals surface area contributed by atoms with Crippen LogP contribution in [0, 0.1) is 0 Å². The summed E-state index contributed by atoms with van der Waals surface area (Å²) >= 11 is 0. The zero-order valence-corrected chi connectivity index (χ0v) is 29.6. The minimum atomic E-state index is -0.111. The van der Waals surface area contributed by atoms with E-state index in [0.717, 1.165) is 44.6 Å². The van der Waals surface area contributed by atoms with E-state index < -0.39 is 0 Å². The Bertz CT molecular complexity index is 2860. The zero-order valence-electron chi connectivity index (χ0n) is 29.6. The Hall–Kier alpha value is -6.71. The molecule has 0 N–H and O–H groups in total. The molecule has 0 fully saturated rings. The van der Waals surface area contributed by atoms with Gasteiger partial charge in [0.1, 0.15) is 0 Å². The number of benzene rings is 7. The monoisotopic (exact) mass is 677 g/mol. The maximum Gasteiger partial charge on any atom is 0.160 e. The molecule has 1 aliphatic rings. The molecule has 3 heteroatoms. The van der Waals surface area contributed by atoms with E-state index in [-0.39, 0.29) is 5.41 Å². The van der Waals surface area contributed by atoms with E-state index in [0.29, 0.717) is 5.82 Å². The molecule has 53 heavy (non-hydrogen) atoms. The number of aromatic nitrogens is 3. The van der Waals surface area contributed by atoms with Gasteiger partial charge < -0.3 is 0 Å². The third-order valence-corrected chi connectivity index (χ3v) is 11.0. The standard InChI is InChI=1S/C50H35N3/c1-50(2)44-23-11-22-42(48(44)43-28-34-15-6-7-16-35(34)29-45(43)50)40-24-25-41(39-21-9-8-20-38(39)40)47-30-46(52-49(53-47)32-13-4-3-5-14-32)36-18-10-17-33(27-36)37-19-12-26-51-31-37/h3-31H,1-2H3. The predicted octanol–water partition coefficient (Wildman–Crippen LogP) is 12.8. The molecule has 250 valence electrons. The Kier molecular flexibility index (Phi) is 7.16. The van der Waals surface area contributed by atoms with Gasteiger partial charge in [-0.25, -0.2) is 9.97 Å². The van der Waals surface area contributed by atoms with Crippen LogP contribution in [0.2, 0.25) is 0 Å². The van der Waals surface area contributed by atoms with Crippen molar-refractivity contribution in [1.82, 2.24) is 15.0 Å². The second kappa shape index (κ2) is 12.2. The van der Waals surface area contributed by atoms with Crippen LogP contribution in [0.25, 0.3) is 88.8 Å². The molecule has 0 saturated heterocycles. The highest BCUT2D eigenvalue weighted by Gasteiger charge is 2.37. The molecule has 2 heterocycles. The average molecular weight is 678 g/mol. The van der Waals surface area contributed by atoms with Gasteiger partial charge in [0.2, 0.25) is 0 Å². The van der Waals surface area contributed by atoms with E-state index in [9.17, 15) is 0 Å². The van der Waals surface area contributed by atoms with Crippen LogP contribution in [0.5, 0.6) is 0 Å². The summed E-state index contributed by atoms with van der Waals surface area (Å²) < 4.78 is 0. The Labute approximate surface area is 309 Å². The first-order valence-corrected chi connectivity index (χ1v) is 18.2. The Morgan fingerprint density at radius 2 is 1.08 bits per heavy atom.